The molecule has 116 valence electrons. The van der Waals surface area contributed by atoms with Gasteiger partial charge in [-0.25, -0.2) is 0 Å². The first-order valence-corrected chi connectivity index (χ1v) is 7.26. The molecule has 1 aromatic rings. The molecule has 1 rings (SSSR count). The Labute approximate surface area is 125 Å². The highest BCUT2D eigenvalue weighted by molar-refractivity contribution is 5.94. The molecule has 0 bridgehead atoms. The lowest BCUT2D eigenvalue weighted by Gasteiger charge is -2.14. The van der Waals surface area contributed by atoms with Crippen LogP contribution in [0.5, 0.6) is 0 Å². The summed E-state index contributed by atoms with van der Waals surface area (Å²) in [7, 11) is 0. The fourth-order valence-electron chi connectivity index (χ4n) is 1.74. The minimum Gasteiger partial charge on any atom is -0.392 e. The molecule has 0 saturated heterocycles. The van der Waals surface area contributed by atoms with E-state index in [1.807, 2.05) is 32.9 Å². The van der Waals surface area contributed by atoms with Crippen LogP contribution < -0.4 is 10.6 Å². The average Bonchev–Trinajstić information content (AvgIpc) is 2.45. The zero-order valence-corrected chi connectivity index (χ0v) is 12.8. The summed E-state index contributed by atoms with van der Waals surface area (Å²) in [6.45, 7) is 6.59. The molecule has 21 heavy (non-hydrogen) atoms. The van der Waals surface area contributed by atoms with Crippen LogP contribution in [0.4, 0.5) is 0 Å². The topological polar surface area (TPSA) is 78.4 Å². The smallest absolute Gasteiger partial charge is 0.251 e. The number of carbonyl (C=O) groups excluding carboxylic acids is 2. The Hall–Kier alpha value is -1.88. The maximum absolute atomic E-state index is 11.7. The maximum atomic E-state index is 11.7. The highest BCUT2D eigenvalue weighted by atomic mass is 16.3. The molecule has 0 spiro atoms. The number of nitrogens with one attached hydrogen (secondary N) is 2. The third-order valence-corrected chi connectivity index (χ3v) is 3.21. The van der Waals surface area contributed by atoms with Crippen molar-refractivity contribution in [3.8, 4) is 0 Å². The van der Waals surface area contributed by atoms with Crippen LogP contribution in [0.1, 0.15) is 43.1 Å². The molecule has 0 aromatic heterocycles. The fraction of sp³-hybridized carbons (Fsp3) is 0.500. The van der Waals surface area contributed by atoms with Crippen molar-refractivity contribution in [2.75, 3.05) is 6.54 Å². The molecule has 1 aromatic carbocycles. The summed E-state index contributed by atoms with van der Waals surface area (Å²) in [5.74, 6) is -0.218. The first-order chi connectivity index (χ1) is 9.93. The summed E-state index contributed by atoms with van der Waals surface area (Å²) >= 11 is 0. The largest absolute Gasteiger partial charge is 0.392 e. The summed E-state index contributed by atoms with van der Waals surface area (Å²) in [6.07, 6.45) is -0.514. The normalized spacial score (nSPS) is 12.0. The van der Waals surface area contributed by atoms with E-state index in [4.69, 9.17) is 0 Å². The lowest BCUT2D eigenvalue weighted by atomic mass is 10.0. The van der Waals surface area contributed by atoms with Crippen LogP contribution in [0, 0.1) is 5.92 Å². The molecule has 0 saturated carbocycles. The lowest BCUT2D eigenvalue weighted by Crippen LogP contribution is -2.29. The summed E-state index contributed by atoms with van der Waals surface area (Å²) in [5.41, 5.74) is 1.51. The zero-order valence-electron chi connectivity index (χ0n) is 12.8. The van der Waals surface area contributed by atoms with E-state index in [0.717, 1.165) is 5.56 Å². The number of hydrogen-bond acceptors (Lipinski definition) is 3. The molecule has 0 aliphatic heterocycles. The zero-order chi connectivity index (χ0) is 15.8. The molecule has 3 N–H and O–H groups in total. The third-order valence-electron chi connectivity index (χ3n) is 3.21. The van der Waals surface area contributed by atoms with E-state index in [1.165, 1.54) is 0 Å². The van der Waals surface area contributed by atoms with Gasteiger partial charge in [0.25, 0.3) is 5.91 Å². The molecule has 5 nitrogen and oxygen atoms in total. The summed E-state index contributed by atoms with van der Waals surface area (Å²) in [6, 6.07) is 7.08. The Morgan fingerprint density at radius 2 is 1.76 bits per heavy atom. The molecular formula is C16H24N2O3. The first kappa shape index (κ1) is 17.2. The molecule has 1 unspecified atom stereocenters. The predicted octanol–water partition coefficient (Wildman–Crippen LogP) is 1.46. The van der Waals surface area contributed by atoms with E-state index >= 15 is 0 Å². The van der Waals surface area contributed by atoms with Crippen LogP contribution in [0.3, 0.4) is 0 Å². The van der Waals surface area contributed by atoms with Gasteiger partial charge >= 0.3 is 0 Å². The van der Waals surface area contributed by atoms with E-state index in [0.29, 0.717) is 18.7 Å². The van der Waals surface area contributed by atoms with Crippen LogP contribution in [0.2, 0.25) is 0 Å². The van der Waals surface area contributed by atoms with E-state index in [9.17, 15) is 14.7 Å². The van der Waals surface area contributed by atoms with Gasteiger partial charge in [-0.15, -0.1) is 0 Å². The highest BCUT2D eigenvalue weighted by Gasteiger charge is 2.13. The van der Waals surface area contributed by atoms with Gasteiger partial charge in [0, 0.05) is 18.7 Å². The van der Waals surface area contributed by atoms with Crippen molar-refractivity contribution in [3.63, 3.8) is 0 Å². The van der Waals surface area contributed by atoms with Gasteiger partial charge in [-0.2, -0.15) is 0 Å². The van der Waals surface area contributed by atoms with Gasteiger partial charge in [-0.3, -0.25) is 9.59 Å². The van der Waals surface area contributed by atoms with E-state index in [-0.39, 0.29) is 24.2 Å². The summed E-state index contributed by atoms with van der Waals surface area (Å²) in [5, 5.41) is 15.1. The van der Waals surface area contributed by atoms with Crippen molar-refractivity contribution < 1.29 is 14.7 Å². The second-order valence-corrected chi connectivity index (χ2v) is 5.35. The van der Waals surface area contributed by atoms with Gasteiger partial charge in [-0.05, 0) is 30.5 Å². The Bertz CT molecular complexity index is 469. The predicted molar refractivity (Wildman–Crippen MR) is 81.8 cm³/mol. The second-order valence-electron chi connectivity index (χ2n) is 5.35. The maximum Gasteiger partial charge on any atom is 0.251 e. The number of aliphatic hydroxyl groups is 1. The molecule has 0 radical (unpaired) electrons. The van der Waals surface area contributed by atoms with Crippen molar-refractivity contribution in [3.05, 3.63) is 35.4 Å². The van der Waals surface area contributed by atoms with Gasteiger partial charge < -0.3 is 15.7 Å². The lowest BCUT2D eigenvalue weighted by molar-refractivity contribution is -0.123. The summed E-state index contributed by atoms with van der Waals surface area (Å²) in [4.78, 5) is 23.3. The first-order valence-electron chi connectivity index (χ1n) is 7.26. The van der Waals surface area contributed by atoms with Crippen molar-refractivity contribution in [2.24, 2.45) is 5.92 Å². The molecule has 0 fully saturated rings. The molecule has 1 atom stereocenters. The van der Waals surface area contributed by atoms with Crippen molar-refractivity contribution in [2.45, 2.75) is 39.8 Å². The van der Waals surface area contributed by atoms with Crippen molar-refractivity contribution in [1.82, 2.24) is 10.6 Å². The number of carbonyl (C=O) groups is 2. The SMILES string of the molecule is CCNC(=O)c1ccc(CNC(=O)CC(O)C(C)C)cc1. The second kappa shape index (κ2) is 8.42. The van der Waals surface area contributed by atoms with Gasteiger partial charge in [0.05, 0.1) is 12.5 Å². The molecule has 5 heteroatoms. The van der Waals surface area contributed by atoms with Gasteiger partial charge in [0.2, 0.25) is 5.91 Å². The Morgan fingerprint density at radius 1 is 1.14 bits per heavy atom. The highest BCUT2D eigenvalue weighted by Crippen LogP contribution is 2.07. The number of aliphatic hydroxyl groups excluding tert-OH is 1. The monoisotopic (exact) mass is 292 g/mol. The third kappa shape index (κ3) is 5.95. The average molecular weight is 292 g/mol. The van der Waals surface area contributed by atoms with Crippen LogP contribution >= 0.6 is 0 Å². The minimum atomic E-state index is -0.620. The van der Waals surface area contributed by atoms with E-state index in [2.05, 4.69) is 10.6 Å². The van der Waals surface area contributed by atoms with Crippen molar-refractivity contribution >= 4 is 11.8 Å². The standard InChI is InChI=1S/C16H24N2O3/c1-4-17-16(21)13-7-5-12(6-8-13)10-18-15(20)9-14(19)11(2)3/h5-8,11,14,19H,4,9-10H2,1-3H3,(H,17,21)(H,18,20). The Kier molecular flexibility index (Phi) is 6.88. The molecule has 2 amide bonds. The van der Waals surface area contributed by atoms with Crippen LogP contribution in [0.25, 0.3) is 0 Å². The van der Waals surface area contributed by atoms with Crippen LogP contribution in [0.15, 0.2) is 24.3 Å². The number of hydrogen-bond donors (Lipinski definition) is 3. The Morgan fingerprint density at radius 3 is 2.29 bits per heavy atom. The van der Waals surface area contributed by atoms with E-state index < -0.39 is 6.10 Å². The molecule has 0 heterocycles. The van der Waals surface area contributed by atoms with Gasteiger partial charge in [0.15, 0.2) is 0 Å². The Balaban J connectivity index is 2.46. The summed E-state index contributed by atoms with van der Waals surface area (Å²) < 4.78 is 0. The molecule has 0 aliphatic carbocycles. The number of benzene rings is 1. The number of rotatable bonds is 7. The minimum absolute atomic E-state index is 0.0621. The molecular weight excluding hydrogens is 268 g/mol. The van der Waals surface area contributed by atoms with Crippen molar-refractivity contribution in [1.29, 1.82) is 0 Å². The van der Waals surface area contributed by atoms with Crippen LogP contribution in [-0.2, 0) is 11.3 Å². The van der Waals surface area contributed by atoms with Gasteiger partial charge in [0.1, 0.15) is 0 Å². The molecule has 0 aliphatic rings. The van der Waals surface area contributed by atoms with Gasteiger partial charge in [-0.1, -0.05) is 26.0 Å². The van der Waals surface area contributed by atoms with E-state index in [1.54, 1.807) is 12.1 Å². The number of amides is 2. The van der Waals surface area contributed by atoms with Crippen LogP contribution in [-0.4, -0.2) is 29.6 Å². The fourth-order valence-corrected chi connectivity index (χ4v) is 1.74. The quantitative estimate of drug-likeness (QED) is 0.712.